The Morgan fingerprint density at radius 2 is 2.25 bits per heavy atom. The van der Waals surface area contributed by atoms with Crippen molar-refractivity contribution in [2.24, 2.45) is 11.8 Å². The molecule has 1 aliphatic carbocycles. The second-order valence-electron chi connectivity index (χ2n) is 5.16. The van der Waals surface area contributed by atoms with Crippen LogP contribution < -0.4 is 0 Å². The van der Waals surface area contributed by atoms with Crippen molar-refractivity contribution in [1.29, 1.82) is 0 Å². The van der Waals surface area contributed by atoms with Gasteiger partial charge in [-0.25, -0.2) is 9.69 Å². The van der Waals surface area contributed by atoms with Crippen LogP contribution in [-0.4, -0.2) is 53.6 Å². The number of methoxy groups -OCH3 is 1. The summed E-state index contributed by atoms with van der Waals surface area (Å²) in [4.78, 5) is 37.0. The van der Waals surface area contributed by atoms with Gasteiger partial charge in [-0.15, -0.1) is 0 Å². The highest BCUT2D eigenvalue weighted by Crippen LogP contribution is 2.53. The lowest BCUT2D eigenvalue weighted by atomic mass is 9.64. The molecule has 1 heterocycles. The minimum Gasteiger partial charge on any atom is -0.469 e. The highest BCUT2D eigenvalue weighted by Gasteiger charge is 2.59. The predicted octanol–water partition coefficient (Wildman–Crippen LogP) is 1.29. The van der Waals surface area contributed by atoms with Crippen molar-refractivity contribution in [2.75, 3.05) is 26.0 Å². The Morgan fingerprint density at radius 3 is 2.75 bits per heavy atom. The maximum Gasteiger partial charge on any atom is 0.416 e. The summed E-state index contributed by atoms with van der Waals surface area (Å²) in [6.45, 7) is 4.45. The number of rotatable bonds is 4. The smallest absolute Gasteiger partial charge is 0.416 e. The number of cyclic esters (lactones) is 1. The minimum atomic E-state index is -0.616. The van der Waals surface area contributed by atoms with Crippen LogP contribution in [0.4, 0.5) is 4.79 Å². The van der Waals surface area contributed by atoms with Crippen LogP contribution in [-0.2, 0) is 19.1 Å². The molecule has 1 aliphatic heterocycles. The van der Waals surface area contributed by atoms with Crippen LogP contribution in [0.25, 0.3) is 0 Å². The molecule has 2 fully saturated rings. The van der Waals surface area contributed by atoms with Gasteiger partial charge in [0.25, 0.3) is 0 Å². The summed E-state index contributed by atoms with van der Waals surface area (Å²) in [5.41, 5.74) is 0. The zero-order valence-corrected chi connectivity index (χ0v) is 12.7. The van der Waals surface area contributed by atoms with Gasteiger partial charge in [0, 0.05) is 4.75 Å². The third-order valence-electron chi connectivity index (χ3n) is 3.96. The van der Waals surface area contributed by atoms with Gasteiger partial charge in [-0.2, -0.15) is 11.8 Å². The fourth-order valence-electron chi connectivity index (χ4n) is 2.99. The summed E-state index contributed by atoms with van der Waals surface area (Å²) >= 11 is 1.64. The van der Waals surface area contributed by atoms with E-state index in [1.165, 1.54) is 7.11 Å². The van der Waals surface area contributed by atoms with Crippen LogP contribution in [0.5, 0.6) is 0 Å². The van der Waals surface area contributed by atoms with E-state index in [-0.39, 0.29) is 29.8 Å². The van der Waals surface area contributed by atoms with Crippen LogP contribution >= 0.6 is 11.8 Å². The van der Waals surface area contributed by atoms with Crippen molar-refractivity contribution < 1.29 is 23.9 Å². The monoisotopic (exact) mass is 301 g/mol. The number of esters is 1. The fourth-order valence-corrected chi connectivity index (χ4v) is 4.39. The highest BCUT2D eigenvalue weighted by atomic mass is 32.2. The molecule has 1 saturated heterocycles. The topological polar surface area (TPSA) is 72.9 Å². The summed E-state index contributed by atoms with van der Waals surface area (Å²) in [6.07, 6.45) is -0.0216. The molecule has 6 nitrogen and oxygen atoms in total. The Morgan fingerprint density at radius 1 is 1.55 bits per heavy atom. The molecule has 3 atom stereocenters. The van der Waals surface area contributed by atoms with E-state index in [2.05, 4.69) is 0 Å². The largest absolute Gasteiger partial charge is 0.469 e. The van der Waals surface area contributed by atoms with Gasteiger partial charge in [-0.1, -0.05) is 6.92 Å². The van der Waals surface area contributed by atoms with Gasteiger partial charge >= 0.3 is 12.1 Å². The van der Waals surface area contributed by atoms with Gasteiger partial charge in [0.15, 0.2) is 0 Å². The molecule has 2 aliphatic rings. The minimum absolute atomic E-state index is 0.220. The lowest BCUT2D eigenvalue weighted by Gasteiger charge is -2.50. The fraction of sp³-hybridized carbons (Fsp3) is 0.769. The Bertz CT molecular complexity index is 440. The standard InChI is InChI=1S/C13H19NO5S/c1-4-20-13(2)7-8(11(16)18-3)9(13)10(15)14-5-6-19-12(14)17/h8-9H,4-7H2,1-3H3/t8-,9-,13-/m1/s1. The molecular formula is C13H19NO5S. The van der Waals surface area contributed by atoms with Crippen LogP contribution in [0.1, 0.15) is 20.3 Å². The molecule has 0 aromatic rings. The van der Waals surface area contributed by atoms with Crippen molar-refractivity contribution in [3.63, 3.8) is 0 Å². The van der Waals surface area contributed by atoms with Crippen LogP contribution in [0.15, 0.2) is 0 Å². The molecule has 0 aromatic carbocycles. The van der Waals surface area contributed by atoms with E-state index in [1.807, 2.05) is 13.8 Å². The number of imide groups is 1. The first-order valence-electron chi connectivity index (χ1n) is 6.64. The second kappa shape index (κ2) is 5.63. The van der Waals surface area contributed by atoms with E-state index in [0.29, 0.717) is 6.42 Å². The first-order valence-corrected chi connectivity index (χ1v) is 7.63. The molecule has 0 aromatic heterocycles. The molecule has 2 amide bonds. The summed E-state index contributed by atoms with van der Waals surface area (Å²) in [7, 11) is 1.32. The predicted molar refractivity (Wildman–Crippen MR) is 73.2 cm³/mol. The lowest BCUT2D eigenvalue weighted by Crippen LogP contribution is -2.60. The molecule has 20 heavy (non-hydrogen) atoms. The van der Waals surface area contributed by atoms with Gasteiger partial charge in [0.1, 0.15) is 6.61 Å². The Hall–Kier alpha value is -1.24. The Balaban J connectivity index is 2.19. The quantitative estimate of drug-likeness (QED) is 0.728. The molecule has 112 valence electrons. The summed E-state index contributed by atoms with van der Waals surface area (Å²) in [5, 5.41) is 0. The molecule has 0 bridgehead atoms. The average Bonchev–Trinajstić information content (AvgIpc) is 2.82. The molecule has 2 rings (SSSR count). The first kappa shape index (κ1) is 15.2. The van der Waals surface area contributed by atoms with Gasteiger partial charge < -0.3 is 9.47 Å². The number of nitrogens with zero attached hydrogens (tertiary/aromatic N) is 1. The highest BCUT2D eigenvalue weighted by molar-refractivity contribution is 8.00. The number of hydrogen-bond acceptors (Lipinski definition) is 6. The van der Waals surface area contributed by atoms with E-state index >= 15 is 0 Å². The normalized spacial score (nSPS) is 32.5. The Kier molecular flexibility index (Phi) is 4.27. The number of ether oxygens (including phenoxy) is 2. The molecule has 0 N–H and O–H groups in total. The summed E-state index contributed by atoms with van der Waals surface area (Å²) in [6, 6.07) is 0. The van der Waals surface area contributed by atoms with Gasteiger partial charge in [-0.3, -0.25) is 9.59 Å². The number of carbonyl (C=O) groups excluding carboxylic acids is 3. The second-order valence-corrected chi connectivity index (χ2v) is 6.96. The van der Waals surface area contributed by atoms with Gasteiger partial charge in [-0.05, 0) is 19.1 Å². The lowest BCUT2D eigenvalue weighted by molar-refractivity contribution is -0.160. The van der Waals surface area contributed by atoms with Gasteiger partial charge in [0.05, 0.1) is 25.5 Å². The van der Waals surface area contributed by atoms with Crippen molar-refractivity contribution in [2.45, 2.75) is 25.0 Å². The maximum atomic E-state index is 12.6. The van der Waals surface area contributed by atoms with Crippen LogP contribution in [0.2, 0.25) is 0 Å². The SMILES string of the molecule is CCS[C@]1(C)C[C@@H](C(=O)OC)[C@@H]1C(=O)N1CCOC1=O. The van der Waals surface area contributed by atoms with Crippen molar-refractivity contribution in [3.8, 4) is 0 Å². The molecule has 1 saturated carbocycles. The zero-order valence-electron chi connectivity index (χ0n) is 11.9. The number of carbonyl (C=O) groups is 3. The average molecular weight is 301 g/mol. The van der Waals surface area contributed by atoms with Crippen LogP contribution in [0.3, 0.4) is 0 Å². The summed E-state index contributed by atoms with van der Waals surface area (Å²) < 4.78 is 9.23. The molecular weight excluding hydrogens is 282 g/mol. The van der Waals surface area contributed by atoms with Crippen molar-refractivity contribution >= 4 is 29.7 Å². The molecule has 0 radical (unpaired) electrons. The van der Waals surface area contributed by atoms with E-state index in [9.17, 15) is 14.4 Å². The van der Waals surface area contributed by atoms with E-state index in [0.717, 1.165) is 10.7 Å². The first-order chi connectivity index (χ1) is 9.44. The maximum absolute atomic E-state index is 12.6. The molecule has 0 spiro atoms. The van der Waals surface area contributed by atoms with E-state index in [1.54, 1.807) is 11.8 Å². The molecule has 7 heteroatoms. The Labute approximate surface area is 122 Å². The van der Waals surface area contributed by atoms with Crippen molar-refractivity contribution in [3.05, 3.63) is 0 Å². The van der Waals surface area contributed by atoms with Crippen LogP contribution in [0, 0.1) is 11.8 Å². The van der Waals surface area contributed by atoms with Gasteiger partial charge in [0.2, 0.25) is 5.91 Å². The number of amides is 2. The van der Waals surface area contributed by atoms with E-state index < -0.39 is 17.9 Å². The van der Waals surface area contributed by atoms with Crippen molar-refractivity contribution in [1.82, 2.24) is 4.90 Å². The third kappa shape index (κ3) is 2.39. The molecule has 0 unspecified atom stereocenters. The zero-order chi connectivity index (χ0) is 14.9. The summed E-state index contributed by atoms with van der Waals surface area (Å²) in [5.74, 6) is -0.850. The number of hydrogen-bond donors (Lipinski definition) is 0. The van der Waals surface area contributed by atoms with E-state index in [4.69, 9.17) is 9.47 Å². The third-order valence-corrected chi connectivity index (χ3v) is 5.33. The number of thioether (sulfide) groups is 1.